The van der Waals surface area contributed by atoms with E-state index in [1.807, 2.05) is 4.90 Å². The van der Waals surface area contributed by atoms with E-state index in [1.54, 1.807) is 0 Å². The van der Waals surface area contributed by atoms with Crippen molar-refractivity contribution in [3.8, 4) is 0 Å². The van der Waals surface area contributed by atoms with Crippen LogP contribution < -0.4 is 5.32 Å². The lowest BCUT2D eigenvalue weighted by molar-refractivity contribution is -0.142. The molecule has 2 saturated heterocycles. The van der Waals surface area contributed by atoms with E-state index in [-0.39, 0.29) is 19.2 Å². The summed E-state index contributed by atoms with van der Waals surface area (Å²) in [6.07, 6.45) is 3.58. The van der Waals surface area contributed by atoms with E-state index >= 15 is 0 Å². The molecular formula is C13H23N3O4. The Hall–Kier alpha value is -1.34. The predicted molar refractivity (Wildman–Crippen MR) is 72.6 cm³/mol. The van der Waals surface area contributed by atoms with Gasteiger partial charge in [0.2, 0.25) is 0 Å². The number of carboxylic acids is 1. The van der Waals surface area contributed by atoms with Crippen molar-refractivity contribution in [2.75, 3.05) is 45.9 Å². The second-order valence-corrected chi connectivity index (χ2v) is 5.31. The van der Waals surface area contributed by atoms with E-state index in [0.717, 1.165) is 32.6 Å². The summed E-state index contributed by atoms with van der Waals surface area (Å²) in [5, 5.41) is 11.2. The quantitative estimate of drug-likeness (QED) is 0.670. The third-order valence-electron chi connectivity index (χ3n) is 3.86. The number of carbonyl (C=O) groups excluding carboxylic acids is 1. The number of hydrogen-bond acceptors (Lipinski definition) is 4. The van der Waals surface area contributed by atoms with Crippen LogP contribution in [0.25, 0.3) is 0 Å². The molecule has 2 fully saturated rings. The van der Waals surface area contributed by atoms with E-state index in [9.17, 15) is 9.59 Å². The molecule has 2 aliphatic heterocycles. The van der Waals surface area contributed by atoms with E-state index in [2.05, 4.69) is 10.2 Å². The van der Waals surface area contributed by atoms with Crippen molar-refractivity contribution in [2.24, 2.45) is 0 Å². The number of nitrogens with one attached hydrogen (secondary N) is 1. The van der Waals surface area contributed by atoms with E-state index in [4.69, 9.17) is 9.84 Å². The van der Waals surface area contributed by atoms with Crippen LogP contribution in [0.15, 0.2) is 0 Å². The van der Waals surface area contributed by atoms with Gasteiger partial charge < -0.3 is 20.1 Å². The second-order valence-electron chi connectivity index (χ2n) is 5.31. The van der Waals surface area contributed by atoms with Gasteiger partial charge in [-0.3, -0.25) is 4.90 Å². The maximum atomic E-state index is 11.9. The zero-order valence-corrected chi connectivity index (χ0v) is 11.7. The lowest BCUT2D eigenvalue weighted by atomic mass is 10.2. The third kappa shape index (κ3) is 4.35. The number of carboxylic acid groups (broad SMARTS) is 1. The topological polar surface area (TPSA) is 82.1 Å². The van der Waals surface area contributed by atoms with E-state index < -0.39 is 5.97 Å². The normalized spacial score (nSPS) is 23.2. The Bertz CT molecular complexity index is 345. The largest absolute Gasteiger partial charge is 0.480 e. The summed E-state index contributed by atoms with van der Waals surface area (Å²) in [6.45, 7) is 4.14. The molecule has 0 aromatic carbocycles. The Balaban J connectivity index is 1.60. The highest BCUT2D eigenvalue weighted by Gasteiger charge is 2.31. The van der Waals surface area contributed by atoms with Gasteiger partial charge in [0.25, 0.3) is 0 Å². The van der Waals surface area contributed by atoms with Crippen molar-refractivity contribution >= 4 is 12.0 Å². The van der Waals surface area contributed by atoms with Gasteiger partial charge in [-0.1, -0.05) is 0 Å². The molecule has 2 amide bonds. The summed E-state index contributed by atoms with van der Waals surface area (Å²) >= 11 is 0. The van der Waals surface area contributed by atoms with Gasteiger partial charge >= 0.3 is 12.0 Å². The molecule has 114 valence electrons. The van der Waals surface area contributed by atoms with Gasteiger partial charge in [-0.2, -0.15) is 0 Å². The first-order chi connectivity index (χ1) is 9.66. The summed E-state index contributed by atoms with van der Waals surface area (Å²) in [4.78, 5) is 26.5. The molecule has 2 heterocycles. The van der Waals surface area contributed by atoms with Crippen molar-refractivity contribution in [3.63, 3.8) is 0 Å². The lowest BCUT2D eigenvalue weighted by Gasteiger charge is -2.23. The van der Waals surface area contributed by atoms with Gasteiger partial charge in [0.1, 0.15) is 6.61 Å². The standard InChI is InChI=1S/C13H23N3O4/c17-12(18)10-20-8-4-14-13(19)16-7-3-11(9-16)15-5-1-2-6-15/h11H,1-10H2,(H,14,19)(H,17,18). The van der Waals surface area contributed by atoms with Crippen LogP contribution in [0.1, 0.15) is 19.3 Å². The molecule has 2 aliphatic rings. The number of carbonyl (C=O) groups is 2. The molecule has 0 bridgehead atoms. The van der Waals surface area contributed by atoms with Crippen molar-refractivity contribution in [1.29, 1.82) is 0 Å². The molecule has 2 N–H and O–H groups in total. The first kappa shape index (κ1) is 15.1. The molecule has 0 aromatic heterocycles. The number of amides is 2. The molecule has 20 heavy (non-hydrogen) atoms. The maximum Gasteiger partial charge on any atom is 0.329 e. The molecule has 0 radical (unpaired) electrons. The monoisotopic (exact) mass is 285 g/mol. The Kier molecular flexibility index (Phi) is 5.60. The highest BCUT2D eigenvalue weighted by Crippen LogP contribution is 2.20. The lowest BCUT2D eigenvalue weighted by Crippen LogP contribution is -2.42. The Morgan fingerprint density at radius 1 is 1.25 bits per heavy atom. The van der Waals surface area contributed by atoms with Crippen LogP contribution in [-0.4, -0.2) is 78.9 Å². The molecular weight excluding hydrogens is 262 g/mol. The van der Waals surface area contributed by atoms with E-state index in [0.29, 0.717) is 12.6 Å². The SMILES string of the molecule is O=C(O)COCCNC(=O)N1CCC(N2CCCC2)C1. The molecule has 1 unspecified atom stereocenters. The number of nitrogens with zero attached hydrogens (tertiary/aromatic N) is 2. The minimum absolute atomic E-state index is 0.0781. The molecule has 7 nitrogen and oxygen atoms in total. The third-order valence-corrected chi connectivity index (χ3v) is 3.86. The number of urea groups is 1. The van der Waals surface area contributed by atoms with Gasteiger partial charge in [0.15, 0.2) is 0 Å². The number of likely N-dealkylation sites (tertiary alicyclic amines) is 2. The van der Waals surface area contributed by atoms with Crippen LogP contribution in [0.5, 0.6) is 0 Å². The molecule has 7 heteroatoms. The van der Waals surface area contributed by atoms with Crippen molar-refractivity contribution < 1.29 is 19.4 Å². The maximum absolute atomic E-state index is 11.9. The average Bonchev–Trinajstić information content (AvgIpc) is 3.08. The van der Waals surface area contributed by atoms with Gasteiger partial charge in [0.05, 0.1) is 6.61 Å². The fourth-order valence-electron chi connectivity index (χ4n) is 2.83. The van der Waals surface area contributed by atoms with Crippen LogP contribution in [0.4, 0.5) is 4.79 Å². The van der Waals surface area contributed by atoms with Crippen LogP contribution in [0.3, 0.4) is 0 Å². The molecule has 0 saturated carbocycles. The summed E-state index contributed by atoms with van der Waals surface area (Å²) in [6, 6.07) is 0.428. The minimum atomic E-state index is -0.996. The van der Waals surface area contributed by atoms with Crippen molar-refractivity contribution in [1.82, 2.24) is 15.1 Å². The number of ether oxygens (including phenoxy) is 1. The van der Waals surface area contributed by atoms with Crippen LogP contribution >= 0.6 is 0 Å². The molecule has 0 spiro atoms. The summed E-state index contributed by atoms with van der Waals surface area (Å²) in [7, 11) is 0. The first-order valence-electron chi connectivity index (χ1n) is 7.23. The number of hydrogen-bond donors (Lipinski definition) is 2. The van der Waals surface area contributed by atoms with Gasteiger partial charge in [0, 0.05) is 25.7 Å². The minimum Gasteiger partial charge on any atom is -0.480 e. The molecule has 0 aliphatic carbocycles. The van der Waals surface area contributed by atoms with Gasteiger partial charge in [-0.25, -0.2) is 9.59 Å². The fourth-order valence-corrected chi connectivity index (χ4v) is 2.83. The summed E-state index contributed by atoms with van der Waals surface area (Å²) in [5.41, 5.74) is 0. The van der Waals surface area contributed by atoms with Crippen molar-refractivity contribution in [3.05, 3.63) is 0 Å². The van der Waals surface area contributed by atoms with E-state index in [1.165, 1.54) is 12.8 Å². The van der Waals surface area contributed by atoms with Crippen LogP contribution in [0, 0.1) is 0 Å². The number of aliphatic carboxylic acids is 1. The predicted octanol–water partition coefficient (Wildman–Crippen LogP) is -0.0327. The summed E-state index contributed by atoms with van der Waals surface area (Å²) in [5.74, 6) is -0.996. The Labute approximate surface area is 118 Å². The van der Waals surface area contributed by atoms with Crippen LogP contribution in [-0.2, 0) is 9.53 Å². The Morgan fingerprint density at radius 2 is 2.00 bits per heavy atom. The summed E-state index contributed by atoms with van der Waals surface area (Å²) < 4.78 is 4.87. The van der Waals surface area contributed by atoms with Crippen LogP contribution in [0.2, 0.25) is 0 Å². The average molecular weight is 285 g/mol. The molecule has 0 aromatic rings. The smallest absolute Gasteiger partial charge is 0.329 e. The zero-order chi connectivity index (χ0) is 14.4. The second kappa shape index (κ2) is 7.44. The molecule has 1 atom stereocenters. The fraction of sp³-hybridized carbons (Fsp3) is 0.846. The van der Waals surface area contributed by atoms with Gasteiger partial charge in [-0.05, 0) is 32.4 Å². The Morgan fingerprint density at radius 3 is 2.70 bits per heavy atom. The number of rotatable bonds is 6. The zero-order valence-electron chi connectivity index (χ0n) is 11.7. The van der Waals surface area contributed by atoms with Crippen molar-refractivity contribution in [2.45, 2.75) is 25.3 Å². The first-order valence-corrected chi connectivity index (χ1v) is 7.23. The highest BCUT2D eigenvalue weighted by molar-refractivity contribution is 5.74. The molecule has 2 rings (SSSR count). The highest BCUT2D eigenvalue weighted by atomic mass is 16.5. The van der Waals surface area contributed by atoms with Gasteiger partial charge in [-0.15, -0.1) is 0 Å².